The predicted molar refractivity (Wildman–Crippen MR) is 89.2 cm³/mol. The minimum absolute atomic E-state index is 0.0607. The van der Waals surface area contributed by atoms with E-state index in [4.69, 9.17) is 21.4 Å². The van der Waals surface area contributed by atoms with E-state index < -0.39 is 12.0 Å². The fourth-order valence-corrected chi connectivity index (χ4v) is 3.16. The quantitative estimate of drug-likeness (QED) is 0.801. The zero-order valence-electron chi connectivity index (χ0n) is 12.4. The maximum Gasteiger partial charge on any atom is 0.305 e. The molecule has 0 aliphatic carbocycles. The molecule has 1 atom stereocenters. The minimum atomic E-state index is -0.968. The number of thiophene rings is 1. The Bertz CT molecular complexity index is 687. The molecule has 1 aromatic heterocycles. The van der Waals surface area contributed by atoms with Gasteiger partial charge in [-0.15, -0.1) is 11.3 Å². The third-order valence-electron chi connectivity index (χ3n) is 3.19. The van der Waals surface area contributed by atoms with Crippen molar-refractivity contribution in [1.82, 2.24) is 5.32 Å². The van der Waals surface area contributed by atoms with E-state index >= 15 is 0 Å². The Morgan fingerprint density at radius 3 is 2.78 bits per heavy atom. The Balaban J connectivity index is 2.10. The molecule has 0 saturated carbocycles. The molecule has 2 aromatic rings. The van der Waals surface area contributed by atoms with Gasteiger partial charge in [0, 0.05) is 15.5 Å². The van der Waals surface area contributed by atoms with Gasteiger partial charge >= 0.3 is 5.97 Å². The number of hydrogen-bond acceptors (Lipinski definition) is 4. The van der Waals surface area contributed by atoms with Gasteiger partial charge in [0.2, 0.25) is 5.91 Å². The predicted octanol–water partition coefficient (Wildman–Crippen LogP) is 3.28. The lowest BCUT2D eigenvalue weighted by molar-refractivity contribution is -0.137. The van der Waals surface area contributed by atoms with E-state index in [9.17, 15) is 9.59 Å². The van der Waals surface area contributed by atoms with Crippen molar-refractivity contribution in [2.24, 2.45) is 0 Å². The molecule has 0 radical (unpaired) electrons. The number of nitrogens with one attached hydrogen (secondary N) is 1. The standard InChI is InChI=1S/C16H16ClNO4S/c1-22-13-5-4-11(17)7-10(13)8-15(19)18-12(9-16(20)21)14-3-2-6-23-14/h2-7,12H,8-9H2,1H3,(H,18,19)(H,20,21)/t12-/m1/s1. The van der Waals surface area contributed by atoms with Gasteiger partial charge in [0.05, 0.1) is 26.0 Å². The van der Waals surface area contributed by atoms with Crippen molar-refractivity contribution in [3.05, 3.63) is 51.2 Å². The molecule has 122 valence electrons. The van der Waals surface area contributed by atoms with Gasteiger partial charge in [0.15, 0.2) is 0 Å². The van der Waals surface area contributed by atoms with Gasteiger partial charge < -0.3 is 15.2 Å². The molecule has 7 heteroatoms. The highest BCUT2D eigenvalue weighted by Gasteiger charge is 2.20. The molecule has 2 N–H and O–H groups in total. The number of hydrogen-bond donors (Lipinski definition) is 2. The van der Waals surface area contributed by atoms with Crippen molar-refractivity contribution in [3.63, 3.8) is 0 Å². The van der Waals surface area contributed by atoms with Gasteiger partial charge in [-0.05, 0) is 29.6 Å². The molecule has 5 nitrogen and oxygen atoms in total. The number of rotatable bonds is 7. The molecule has 1 aromatic carbocycles. The van der Waals surface area contributed by atoms with E-state index in [0.717, 1.165) is 4.88 Å². The first kappa shape index (κ1) is 17.3. The van der Waals surface area contributed by atoms with Crippen molar-refractivity contribution >= 4 is 34.8 Å². The molecule has 0 fully saturated rings. The van der Waals surface area contributed by atoms with E-state index in [0.29, 0.717) is 16.3 Å². The van der Waals surface area contributed by atoms with Gasteiger partial charge in [-0.3, -0.25) is 9.59 Å². The maximum atomic E-state index is 12.3. The number of carbonyl (C=O) groups is 2. The lowest BCUT2D eigenvalue weighted by atomic mass is 10.1. The summed E-state index contributed by atoms with van der Waals surface area (Å²) in [6.45, 7) is 0. The summed E-state index contributed by atoms with van der Waals surface area (Å²) < 4.78 is 5.21. The molecule has 2 rings (SSSR count). The summed E-state index contributed by atoms with van der Waals surface area (Å²) in [5.41, 5.74) is 0.651. The van der Waals surface area contributed by atoms with Crippen LogP contribution in [0.25, 0.3) is 0 Å². The van der Waals surface area contributed by atoms with Crippen molar-refractivity contribution in [2.75, 3.05) is 7.11 Å². The molecular formula is C16H16ClNO4S. The second-order valence-corrected chi connectivity index (χ2v) is 6.28. The van der Waals surface area contributed by atoms with Crippen LogP contribution < -0.4 is 10.1 Å². The smallest absolute Gasteiger partial charge is 0.305 e. The fourth-order valence-electron chi connectivity index (χ4n) is 2.19. The van der Waals surface area contributed by atoms with Gasteiger partial charge in [0.1, 0.15) is 5.75 Å². The molecule has 0 aliphatic rings. The summed E-state index contributed by atoms with van der Waals surface area (Å²) in [6.07, 6.45) is -0.107. The number of methoxy groups -OCH3 is 1. The van der Waals surface area contributed by atoms with Gasteiger partial charge in [0.25, 0.3) is 0 Å². The van der Waals surface area contributed by atoms with Crippen LogP contribution >= 0.6 is 22.9 Å². The van der Waals surface area contributed by atoms with Crippen LogP contribution in [0.1, 0.15) is 22.9 Å². The Morgan fingerprint density at radius 2 is 2.17 bits per heavy atom. The van der Waals surface area contributed by atoms with Crippen LogP contribution in [0.2, 0.25) is 5.02 Å². The Hall–Kier alpha value is -2.05. The number of ether oxygens (including phenoxy) is 1. The van der Waals surface area contributed by atoms with Crippen LogP contribution in [0, 0.1) is 0 Å². The third kappa shape index (κ3) is 4.97. The molecule has 0 bridgehead atoms. The van der Waals surface area contributed by atoms with E-state index in [1.807, 2.05) is 11.4 Å². The number of carboxylic acids is 1. The molecule has 1 amide bonds. The zero-order valence-corrected chi connectivity index (χ0v) is 14.0. The van der Waals surface area contributed by atoms with E-state index in [1.54, 1.807) is 24.3 Å². The number of carbonyl (C=O) groups excluding carboxylic acids is 1. The summed E-state index contributed by atoms with van der Waals surface area (Å²) in [5, 5.41) is 14.1. The number of aliphatic carboxylic acids is 1. The molecule has 0 spiro atoms. The first-order valence-electron chi connectivity index (χ1n) is 6.86. The van der Waals surface area contributed by atoms with Crippen molar-refractivity contribution < 1.29 is 19.4 Å². The average Bonchev–Trinajstić information content (AvgIpc) is 3.00. The van der Waals surface area contributed by atoms with E-state index in [1.165, 1.54) is 18.4 Å². The lowest BCUT2D eigenvalue weighted by Gasteiger charge is -2.16. The van der Waals surface area contributed by atoms with Crippen LogP contribution in [0.3, 0.4) is 0 Å². The van der Waals surface area contributed by atoms with Gasteiger partial charge in [-0.2, -0.15) is 0 Å². The van der Waals surface area contributed by atoms with Crippen molar-refractivity contribution in [3.8, 4) is 5.75 Å². The molecular weight excluding hydrogens is 338 g/mol. The van der Waals surface area contributed by atoms with Crippen LogP contribution in [0.4, 0.5) is 0 Å². The molecule has 23 heavy (non-hydrogen) atoms. The highest BCUT2D eigenvalue weighted by molar-refractivity contribution is 7.10. The third-order valence-corrected chi connectivity index (χ3v) is 4.42. The van der Waals surface area contributed by atoms with Crippen LogP contribution in [0.5, 0.6) is 5.75 Å². The van der Waals surface area contributed by atoms with Gasteiger partial charge in [-0.25, -0.2) is 0 Å². The highest BCUT2D eigenvalue weighted by atomic mass is 35.5. The Morgan fingerprint density at radius 1 is 1.39 bits per heavy atom. The van der Waals surface area contributed by atoms with Crippen LogP contribution in [-0.4, -0.2) is 24.1 Å². The summed E-state index contributed by atoms with van der Waals surface area (Å²) in [4.78, 5) is 24.1. The van der Waals surface area contributed by atoms with Crippen molar-refractivity contribution in [1.29, 1.82) is 0 Å². The second kappa shape index (κ2) is 7.99. The number of carboxylic acid groups (broad SMARTS) is 1. The highest BCUT2D eigenvalue weighted by Crippen LogP contribution is 2.25. The normalized spacial score (nSPS) is 11.7. The van der Waals surface area contributed by atoms with Crippen LogP contribution in [-0.2, 0) is 16.0 Å². The lowest BCUT2D eigenvalue weighted by Crippen LogP contribution is -2.31. The zero-order chi connectivity index (χ0) is 16.8. The van der Waals surface area contributed by atoms with E-state index in [-0.39, 0.29) is 18.7 Å². The average molecular weight is 354 g/mol. The number of benzene rings is 1. The van der Waals surface area contributed by atoms with Gasteiger partial charge in [-0.1, -0.05) is 17.7 Å². The number of halogens is 1. The molecule has 0 aliphatic heterocycles. The van der Waals surface area contributed by atoms with Crippen LogP contribution in [0.15, 0.2) is 35.7 Å². The fraction of sp³-hybridized carbons (Fsp3) is 0.250. The first-order valence-corrected chi connectivity index (χ1v) is 8.12. The topological polar surface area (TPSA) is 75.6 Å². The van der Waals surface area contributed by atoms with E-state index in [2.05, 4.69) is 5.32 Å². The Labute approximate surface area is 142 Å². The maximum absolute atomic E-state index is 12.3. The summed E-state index contributed by atoms with van der Waals surface area (Å²) in [7, 11) is 1.52. The summed E-state index contributed by atoms with van der Waals surface area (Å²) in [5.74, 6) is -0.690. The molecule has 1 heterocycles. The molecule has 0 saturated heterocycles. The molecule has 0 unspecified atom stereocenters. The monoisotopic (exact) mass is 353 g/mol. The second-order valence-electron chi connectivity index (χ2n) is 4.87. The summed E-state index contributed by atoms with van der Waals surface area (Å²) in [6, 6.07) is 8.11. The van der Waals surface area contributed by atoms with Crippen molar-refractivity contribution in [2.45, 2.75) is 18.9 Å². The largest absolute Gasteiger partial charge is 0.496 e. The Kier molecular flexibility index (Phi) is 6.01. The number of amides is 1. The first-order chi connectivity index (χ1) is 11.0. The summed E-state index contributed by atoms with van der Waals surface area (Å²) >= 11 is 7.36. The minimum Gasteiger partial charge on any atom is -0.496 e. The SMILES string of the molecule is COc1ccc(Cl)cc1CC(=O)N[C@H](CC(=O)O)c1cccs1.